The predicted molar refractivity (Wildman–Crippen MR) is 73.5 cm³/mol. The Morgan fingerprint density at radius 1 is 1.48 bits per heavy atom. The molecule has 0 saturated carbocycles. The maximum atomic E-state index is 13.7. The van der Waals surface area contributed by atoms with Gasteiger partial charge in [-0.15, -0.1) is 0 Å². The zero-order valence-corrected chi connectivity index (χ0v) is 11.7. The van der Waals surface area contributed by atoms with Crippen molar-refractivity contribution in [3.63, 3.8) is 0 Å². The molecule has 114 valence electrons. The van der Waals surface area contributed by atoms with E-state index in [2.05, 4.69) is 5.32 Å². The van der Waals surface area contributed by atoms with Gasteiger partial charge >= 0.3 is 0 Å². The number of nitrogens with two attached hydrogens (primary N) is 1. The molecule has 0 bridgehead atoms. The van der Waals surface area contributed by atoms with Crippen LogP contribution in [0.1, 0.15) is 30.1 Å². The van der Waals surface area contributed by atoms with Crippen LogP contribution < -0.4 is 11.1 Å². The number of amides is 2. The largest absolute Gasteiger partial charge is 0.396 e. The molecular weight excluding hydrogens is 280 g/mol. The van der Waals surface area contributed by atoms with Gasteiger partial charge in [-0.3, -0.25) is 9.59 Å². The summed E-state index contributed by atoms with van der Waals surface area (Å²) in [4.78, 5) is 25.1. The standard InChI is InChI=1S/C14H17F2N3O2/c1-8(7-19-4-2-3-12(19)20)18-14(21)10-5-9(15)6-11(17)13(10)16/h5-6,8H,2-4,7,17H2,1H3,(H,18,21). The van der Waals surface area contributed by atoms with Crippen LogP contribution in [0.3, 0.4) is 0 Å². The zero-order valence-electron chi connectivity index (χ0n) is 11.7. The number of benzene rings is 1. The number of halogens is 2. The van der Waals surface area contributed by atoms with Crippen LogP contribution in [0, 0.1) is 11.6 Å². The lowest BCUT2D eigenvalue weighted by Gasteiger charge is -2.21. The minimum Gasteiger partial charge on any atom is -0.396 e. The molecule has 0 spiro atoms. The second-order valence-electron chi connectivity index (χ2n) is 5.17. The molecule has 1 aliphatic rings. The van der Waals surface area contributed by atoms with Gasteiger partial charge in [-0.2, -0.15) is 0 Å². The lowest BCUT2D eigenvalue weighted by Crippen LogP contribution is -2.42. The molecule has 1 aromatic rings. The summed E-state index contributed by atoms with van der Waals surface area (Å²) in [5.41, 5.74) is 4.44. The molecule has 3 N–H and O–H groups in total. The molecule has 21 heavy (non-hydrogen) atoms. The first-order valence-corrected chi connectivity index (χ1v) is 6.71. The molecule has 0 radical (unpaired) electrons. The highest BCUT2D eigenvalue weighted by atomic mass is 19.1. The molecule has 1 aliphatic heterocycles. The number of anilines is 1. The van der Waals surface area contributed by atoms with Crippen LogP contribution in [0.25, 0.3) is 0 Å². The van der Waals surface area contributed by atoms with Gasteiger partial charge in [-0.1, -0.05) is 0 Å². The Kier molecular flexibility index (Phi) is 4.40. The van der Waals surface area contributed by atoms with Gasteiger partial charge in [0.05, 0.1) is 11.3 Å². The predicted octanol–water partition coefficient (Wildman–Crippen LogP) is 1.29. The van der Waals surface area contributed by atoms with Crippen molar-refractivity contribution in [3.05, 3.63) is 29.3 Å². The topological polar surface area (TPSA) is 75.4 Å². The van der Waals surface area contributed by atoms with Crippen LogP contribution in [0.5, 0.6) is 0 Å². The molecular formula is C14H17F2N3O2. The van der Waals surface area contributed by atoms with Gasteiger partial charge in [0.25, 0.3) is 5.91 Å². The molecule has 1 atom stereocenters. The lowest BCUT2D eigenvalue weighted by molar-refractivity contribution is -0.127. The highest BCUT2D eigenvalue weighted by molar-refractivity contribution is 5.95. The quantitative estimate of drug-likeness (QED) is 0.822. The van der Waals surface area contributed by atoms with Gasteiger partial charge in [0, 0.05) is 25.6 Å². The van der Waals surface area contributed by atoms with E-state index >= 15 is 0 Å². The number of carbonyl (C=O) groups excluding carboxylic acids is 2. The first kappa shape index (κ1) is 15.2. The van der Waals surface area contributed by atoms with Crippen molar-refractivity contribution in [1.82, 2.24) is 10.2 Å². The molecule has 0 aliphatic carbocycles. The van der Waals surface area contributed by atoms with Gasteiger partial charge in [0.15, 0.2) is 5.82 Å². The van der Waals surface area contributed by atoms with E-state index in [1.165, 1.54) is 0 Å². The van der Waals surface area contributed by atoms with Gasteiger partial charge in [0.2, 0.25) is 5.91 Å². The second kappa shape index (κ2) is 6.07. The van der Waals surface area contributed by atoms with E-state index < -0.39 is 28.8 Å². The Morgan fingerprint density at radius 3 is 2.81 bits per heavy atom. The fraction of sp³-hybridized carbons (Fsp3) is 0.429. The van der Waals surface area contributed by atoms with Crippen molar-refractivity contribution in [1.29, 1.82) is 0 Å². The maximum absolute atomic E-state index is 13.7. The van der Waals surface area contributed by atoms with Gasteiger partial charge in [-0.05, 0) is 25.5 Å². The van der Waals surface area contributed by atoms with E-state index in [0.717, 1.165) is 18.6 Å². The number of hydrogen-bond donors (Lipinski definition) is 2. The number of nitrogens with zero attached hydrogens (tertiary/aromatic N) is 1. The highest BCUT2D eigenvalue weighted by Gasteiger charge is 2.23. The number of nitrogens with one attached hydrogen (secondary N) is 1. The Balaban J connectivity index is 2.02. The van der Waals surface area contributed by atoms with Crippen molar-refractivity contribution in [2.45, 2.75) is 25.8 Å². The summed E-state index contributed by atoms with van der Waals surface area (Å²) in [5, 5.41) is 2.54. The third kappa shape index (κ3) is 3.48. The normalized spacial score (nSPS) is 16.1. The molecule has 1 unspecified atom stereocenters. The molecule has 5 nitrogen and oxygen atoms in total. The smallest absolute Gasteiger partial charge is 0.254 e. The number of carbonyl (C=O) groups is 2. The van der Waals surface area contributed by atoms with E-state index in [9.17, 15) is 18.4 Å². The Labute approximate surface area is 121 Å². The van der Waals surface area contributed by atoms with Gasteiger partial charge < -0.3 is 16.0 Å². The van der Waals surface area contributed by atoms with Crippen LogP contribution in [0.2, 0.25) is 0 Å². The second-order valence-corrected chi connectivity index (χ2v) is 5.17. The third-order valence-electron chi connectivity index (χ3n) is 3.35. The first-order chi connectivity index (χ1) is 9.88. The molecule has 1 aromatic carbocycles. The zero-order chi connectivity index (χ0) is 15.6. The SMILES string of the molecule is CC(CN1CCCC1=O)NC(=O)c1cc(F)cc(N)c1F. The monoisotopic (exact) mass is 297 g/mol. The molecule has 2 rings (SSSR count). The molecule has 7 heteroatoms. The van der Waals surface area contributed by atoms with Crippen molar-refractivity contribution in [2.75, 3.05) is 18.8 Å². The minimum atomic E-state index is -0.946. The lowest BCUT2D eigenvalue weighted by atomic mass is 10.1. The first-order valence-electron chi connectivity index (χ1n) is 6.71. The summed E-state index contributed by atoms with van der Waals surface area (Å²) in [5.74, 6) is -2.44. The van der Waals surface area contributed by atoms with Crippen LogP contribution in [-0.4, -0.2) is 35.8 Å². The van der Waals surface area contributed by atoms with Crippen LogP contribution in [-0.2, 0) is 4.79 Å². The van der Waals surface area contributed by atoms with Gasteiger partial charge in [-0.25, -0.2) is 8.78 Å². The summed E-state index contributed by atoms with van der Waals surface area (Å²) >= 11 is 0. The van der Waals surface area contributed by atoms with Crippen molar-refractivity contribution >= 4 is 17.5 Å². The fourth-order valence-corrected chi connectivity index (χ4v) is 2.35. The van der Waals surface area contributed by atoms with Crippen LogP contribution in [0.4, 0.5) is 14.5 Å². The van der Waals surface area contributed by atoms with Crippen LogP contribution >= 0.6 is 0 Å². The number of rotatable bonds is 4. The molecule has 1 fully saturated rings. The maximum Gasteiger partial charge on any atom is 0.254 e. The van der Waals surface area contributed by atoms with Crippen molar-refractivity contribution in [2.24, 2.45) is 0 Å². The molecule has 1 heterocycles. The Hall–Kier alpha value is -2.18. The van der Waals surface area contributed by atoms with Crippen molar-refractivity contribution in [3.8, 4) is 0 Å². The number of nitrogen functional groups attached to an aromatic ring is 1. The van der Waals surface area contributed by atoms with Crippen LogP contribution in [0.15, 0.2) is 12.1 Å². The average Bonchev–Trinajstić information content (AvgIpc) is 2.79. The molecule has 1 saturated heterocycles. The summed E-state index contributed by atoms with van der Waals surface area (Å²) in [6, 6.07) is 1.25. The minimum absolute atomic E-state index is 0.0391. The number of likely N-dealkylation sites (tertiary alicyclic amines) is 1. The molecule has 0 aromatic heterocycles. The molecule has 2 amide bonds. The summed E-state index contributed by atoms with van der Waals surface area (Å²) in [7, 11) is 0. The Morgan fingerprint density at radius 2 is 2.19 bits per heavy atom. The van der Waals surface area contributed by atoms with E-state index in [1.807, 2.05) is 0 Å². The van der Waals surface area contributed by atoms with E-state index in [-0.39, 0.29) is 11.9 Å². The van der Waals surface area contributed by atoms with E-state index in [4.69, 9.17) is 5.73 Å². The Bertz CT molecular complexity index is 578. The third-order valence-corrected chi connectivity index (χ3v) is 3.35. The summed E-state index contributed by atoms with van der Waals surface area (Å²) < 4.78 is 26.9. The fourth-order valence-electron chi connectivity index (χ4n) is 2.35. The average molecular weight is 297 g/mol. The van der Waals surface area contributed by atoms with Crippen molar-refractivity contribution < 1.29 is 18.4 Å². The van der Waals surface area contributed by atoms with E-state index in [0.29, 0.717) is 19.5 Å². The highest BCUT2D eigenvalue weighted by Crippen LogP contribution is 2.17. The number of hydrogen-bond acceptors (Lipinski definition) is 3. The summed E-state index contributed by atoms with van der Waals surface area (Å²) in [6.07, 6.45) is 1.31. The van der Waals surface area contributed by atoms with Gasteiger partial charge in [0.1, 0.15) is 5.82 Å². The van der Waals surface area contributed by atoms with E-state index in [1.54, 1.807) is 11.8 Å². The summed E-state index contributed by atoms with van der Waals surface area (Å²) in [6.45, 7) is 2.70.